The molecular weight excluding hydrogens is 218 g/mol. The average Bonchev–Trinajstić information content (AvgIpc) is 2.38. The van der Waals surface area contributed by atoms with Crippen molar-refractivity contribution in [2.24, 2.45) is 0 Å². The second-order valence-corrected chi connectivity index (χ2v) is 4.39. The third-order valence-electron chi connectivity index (χ3n) is 3.08. The summed E-state index contributed by atoms with van der Waals surface area (Å²) >= 11 is 0. The van der Waals surface area contributed by atoms with Crippen molar-refractivity contribution in [1.82, 2.24) is 15.5 Å². The lowest BCUT2D eigenvalue weighted by Crippen LogP contribution is -2.53. The van der Waals surface area contributed by atoms with E-state index in [0.717, 1.165) is 32.2 Å². The smallest absolute Gasteiger partial charge is 0.242 e. The number of carbonyl (C=O) groups excluding carboxylic acids is 2. The molecule has 0 spiro atoms. The Kier molecular flexibility index (Phi) is 5.97. The molecule has 0 aromatic carbocycles. The van der Waals surface area contributed by atoms with Gasteiger partial charge in [-0.25, -0.2) is 0 Å². The van der Waals surface area contributed by atoms with E-state index in [0.29, 0.717) is 13.1 Å². The van der Waals surface area contributed by atoms with E-state index in [1.165, 1.54) is 0 Å². The van der Waals surface area contributed by atoms with Gasteiger partial charge < -0.3 is 15.5 Å². The predicted molar refractivity (Wildman–Crippen MR) is 66.6 cm³/mol. The summed E-state index contributed by atoms with van der Waals surface area (Å²) in [6.45, 7) is 3.93. The van der Waals surface area contributed by atoms with Crippen molar-refractivity contribution in [3.8, 4) is 0 Å². The van der Waals surface area contributed by atoms with Crippen LogP contribution in [-0.4, -0.2) is 49.4 Å². The molecule has 17 heavy (non-hydrogen) atoms. The number of carbonyl (C=O) groups is 2. The van der Waals surface area contributed by atoms with Crippen LogP contribution in [0.5, 0.6) is 0 Å². The highest BCUT2D eigenvalue weighted by Crippen LogP contribution is 2.17. The Morgan fingerprint density at radius 2 is 2.12 bits per heavy atom. The molecule has 5 heteroatoms. The van der Waals surface area contributed by atoms with Gasteiger partial charge in [-0.05, 0) is 32.2 Å². The first-order valence-corrected chi connectivity index (χ1v) is 6.42. The summed E-state index contributed by atoms with van der Waals surface area (Å²) in [4.78, 5) is 25.4. The highest BCUT2D eigenvalue weighted by Gasteiger charge is 2.30. The van der Waals surface area contributed by atoms with Gasteiger partial charge in [-0.1, -0.05) is 6.92 Å². The fourth-order valence-electron chi connectivity index (χ4n) is 2.14. The first kappa shape index (κ1) is 14.0. The van der Waals surface area contributed by atoms with Crippen molar-refractivity contribution >= 4 is 11.8 Å². The summed E-state index contributed by atoms with van der Waals surface area (Å²) in [7, 11) is 1.62. The minimum atomic E-state index is -0.273. The van der Waals surface area contributed by atoms with Crippen molar-refractivity contribution in [1.29, 1.82) is 0 Å². The van der Waals surface area contributed by atoms with E-state index in [2.05, 4.69) is 17.6 Å². The van der Waals surface area contributed by atoms with Crippen LogP contribution in [0.3, 0.4) is 0 Å². The van der Waals surface area contributed by atoms with E-state index < -0.39 is 0 Å². The molecule has 1 fully saturated rings. The Hall–Kier alpha value is -1.10. The van der Waals surface area contributed by atoms with Crippen LogP contribution in [0.1, 0.15) is 32.6 Å². The maximum absolute atomic E-state index is 12.0. The van der Waals surface area contributed by atoms with Gasteiger partial charge in [0.1, 0.15) is 6.04 Å². The second-order valence-electron chi connectivity index (χ2n) is 4.39. The molecule has 0 aromatic rings. The molecule has 98 valence electrons. The zero-order valence-corrected chi connectivity index (χ0v) is 10.8. The van der Waals surface area contributed by atoms with E-state index in [1.807, 2.05) is 0 Å². The van der Waals surface area contributed by atoms with Gasteiger partial charge in [0.05, 0.1) is 6.54 Å². The van der Waals surface area contributed by atoms with Crippen LogP contribution in [0.4, 0.5) is 0 Å². The Morgan fingerprint density at radius 3 is 2.76 bits per heavy atom. The molecule has 0 radical (unpaired) electrons. The van der Waals surface area contributed by atoms with Gasteiger partial charge in [-0.2, -0.15) is 0 Å². The van der Waals surface area contributed by atoms with Crippen LogP contribution in [-0.2, 0) is 9.59 Å². The summed E-state index contributed by atoms with van der Waals surface area (Å²) in [5.74, 6) is -0.0136. The normalized spacial score (nSPS) is 20.1. The highest BCUT2D eigenvalue weighted by molar-refractivity contribution is 5.88. The Morgan fingerprint density at radius 1 is 1.35 bits per heavy atom. The minimum Gasteiger partial charge on any atom is -0.357 e. The molecule has 1 atom stereocenters. The fraction of sp³-hybridized carbons (Fsp3) is 0.833. The van der Waals surface area contributed by atoms with Crippen molar-refractivity contribution in [2.75, 3.05) is 26.7 Å². The van der Waals surface area contributed by atoms with Gasteiger partial charge in [0.15, 0.2) is 0 Å². The Bertz CT molecular complexity index is 268. The number of nitrogens with zero attached hydrogens (tertiary/aromatic N) is 1. The second kappa shape index (κ2) is 7.27. The van der Waals surface area contributed by atoms with Crippen LogP contribution in [0, 0.1) is 0 Å². The molecule has 1 aliphatic heterocycles. The van der Waals surface area contributed by atoms with E-state index in [4.69, 9.17) is 0 Å². The number of piperidine rings is 1. The SMILES string of the molecule is CCCNCC(=O)N1CCCCC1C(=O)NC. The number of hydrogen-bond acceptors (Lipinski definition) is 3. The van der Waals surface area contributed by atoms with E-state index in [1.54, 1.807) is 11.9 Å². The summed E-state index contributed by atoms with van der Waals surface area (Å²) in [5, 5.41) is 5.72. The van der Waals surface area contributed by atoms with Crippen LogP contribution < -0.4 is 10.6 Å². The number of rotatable bonds is 5. The lowest BCUT2D eigenvalue weighted by Gasteiger charge is -2.34. The largest absolute Gasteiger partial charge is 0.357 e. The topological polar surface area (TPSA) is 61.4 Å². The summed E-state index contributed by atoms with van der Waals surface area (Å²) in [5.41, 5.74) is 0. The zero-order valence-electron chi connectivity index (χ0n) is 10.8. The molecule has 2 N–H and O–H groups in total. The summed E-state index contributed by atoms with van der Waals surface area (Å²) < 4.78 is 0. The van der Waals surface area contributed by atoms with Gasteiger partial charge in [0, 0.05) is 13.6 Å². The van der Waals surface area contributed by atoms with Crippen molar-refractivity contribution in [2.45, 2.75) is 38.6 Å². The first-order chi connectivity index (χ1) is 8.20. The van der Waals surface area contributed by atoms with Gasteiger partial charge >= 0.3 is 0 Å². The average molecular weight is 241 g/mol. The number of likely N-dealkylation sites (tertiary alicyclic amines) is 1. The van der Waals surface area contributed by atoms with Crippen molar-refractivity contribution in [3.05, 3.63) is 0 Å². The number of likely N-dealkylation sites (N-methyl/N-ethyl adjacent to an activating group) is 1. The van der Waals surface area contributed by atoms with Crippen LogP contribution in [0.25, 0.3) is 0 Å². The van der Waals surface area contributed by atoms with Crippen LogP contribution in [0.2, 0.25) is 0 Å². The Balaban J connectivity index is 2.52. The molecule has 1 rings (SSSR count). The molecule has 1 heterocycles. The molecule has 5 nitrogen and oxygen atoms in total. The standard InChI is InChI=1S/C12H23N3O2/c1-3-7-14-9-11(16)15-8-5-4-6-10(15)12(17)13-2/h10,14H,3-9H2,1-2H3,(H,13,17). The third kappa shape index (κ3) is 4.00. The van der Waals surface area contributed by atoms with Gasteiger partial charge in [-0.3, -0.25) is 9.59 Å². The number of hydrogen-bond donors (Lipinski definition) is 2. The molecule has 0 saturated carbocycles. The quantitative estimate of drug-likeness (QED) is 0.672. The van der Waals surface area contributed by atoms with Crippen LogP contribution >= 0.6 is 0 Å². The molecule has 0 aromatic heterocycles. The molecule has 1 unspecified atom stereocenters. The highest BCUT2D eigenvalue weighted by atomic mass is 16.2. The molecule has 0 aliphatic carbocycles. The van der Waals surface area contributed by atoms with Gasteiger partial charge in [0.2, 0.25) is 11.8 Å². The lowest BCUT2D eigenvalue weighted by atomic mass is 10.0. The van der Waals surface area contributed by atoms with Crippen molar-refractivity contribution in [3.63, 3.8) is 0 Å². The number of nitrogens with one attached hydrogen (secondary N) is 2. The summed E-state index contributed by atoms with van der Waals surface area (Å²) in [6.07, 6.45) is 3.79. The summed E-state index contributed by atoms with van der Waals surface area (Å²) in [6, 6.07) is -0.273. The molecule has 1 saturated heterocycles. The van der Waals surface area contributed by atoms with Crippen LogP contribution in [0.15, 0.2) is 0 Å². The Labute approximate surface area is 103 Å². The van der Waals surface area contributed by atoms with Crippen molar-refractivity contribution < 1.29 is 9.59 Å². The molecule has 0 bridgehead atoms. The van der Waals surface area contributed by atoms with E-state index >= 15 is 0 Å². The maximum atomic E-state index is 12.0. The zero-order chi connectivity index (χ0) is 12.7. The van der Waals surface area contributed by atoms with Gasteiger partial charge in [-0.15, -0.1) is 0 Å². The fourth-order valence-corrected chi connectivity index (χ4v) is 2.14. The predicted octanol–water partition coefficient (Wildman–Crippen LogP) is 0.113. The number of amides is 2. The van der Waals surface area contributed by atoms with Gasteiger partial charge in [0.25, 0.3) is 0 Å². The lowest BCUT2D eigenvalue weighted by molar-refractivity contribution is -0.141. The molecule has 1 aliphatic rings. The third-order valence-corrected chi connectivity index (χ3v) is 3.08. The minimum absolute atomic E-state index is 0.0340. The molecule has 2 amide bonds. The maximum Gasteiger partial charge on any atom is 0.242 e. The molecular formula is C12H23N3O2. The monoisotopic (exact) mass is 241 g/mol. The van der Waals surface area contributed by atoms with E-state index in [9.17, 15) is 9.59 Å². The first-order valence-electron chi connectivity index (χ1n) is 6.42. The van der Waals surface area contributed by atoms with E-state index in [-0.39, 0.29) is 17.9 Å².